The molecule has 1 unspecified atom stereocenters. The molecule has 0 radical (unpaired) electrons. The molecule has 0 aliphatic carbocycles. The van der Waals surface area contributed by atoms with Crippen LogP contribution in [0.5, 0.6) is 0 Å². The minimum Gasteiger partial charge on any atom is -0.329 e. The Balaban J connectivity index is 2.68. The van der Waals surface area contributed by atoms with E-state index in [1.54, 1.807) is 11.5 Å². The lowest BCUT2D eigenvalue weighted by Gasteiger charge is -2.23. The van der Waals surface area contributed by atoms with Crippen molar-refractivity contribution in [1.82, 2.24) is 9.27 Å². The van der Waals surface area contributed by atoms with Crippen molar-refractivity contribution in [3.63, 3.8) is 0 Å². The van der Waals surface area contributed by atoms with Gasteiger partial charge in [0.05, 0.1) is 5.69 Å². The summed E-state index contributed by atoms with van der Waals surface area (Å²) < 4.78 is 4.34. The van der Waals surface area contributed by atoms with Gasteiger partial charge in [0.1, 0.15) is 0 Å². The number of aromatic nitrogens is 1. The summed E-state index contributed by atoms with van der Waals surface area (Å²) >= 11 is 1.58. The maximum Gasteiger partial charge on any atom is 0.0559 e. The number of aryl methyl sites for hydroxylation is 2. The normalized spacial score (nSPS) is 13.6. The molecular weight excluding hydrogens is 194 g/mol. The fourth-order valence-electron chi connectivity index (χ4n) is 1.31. The summed E-state index contributed by atoms with van der Waals surface area (Å²) in [5.41, 5.74) is 8.14. The molecule has 0 saturated heterocycles. The molecule has 0 saturated carbocycles. The molecule has 1 aromatic rings. The second kappa shape index (κ2) is 4.87. The zero-order valence-electron chi connectivity index (χ0n) is 9.37. The van der Waals surface area contributed by atoms with Gasteiger partial charge in [-0.25, -0.2) is 0 Å². The summed E-state index contributed by atoms with van der Waals surface area (Å²) in [5.74, 6) is 0. The van der Waals surface area contributed by atoms with Gasteiger partial charge < -0.3 is 5.73 Å². The number of hydrogen-bond donors (Lipinski definition) is 1. The van der Waals surface area contributed by atoms with Gasteiger partial charge in [0.25, 0.3) is 0 Å². The molecule has 0 fully saturated rings. The minimum atomic E-state index is 0.425. The first-order chi connectivity index (χ1) is 6.56. The van der Waals surface area contributed by atoms with Gasteiger partial charge in [-0.2, -0.15) is 4.37 Å². The number of rotatable bonds is 4. The van der Waals surface area contributed by atoms with Crippen molar-refractivity contribution in [2.24, 2.45) is 5.73 Å². The highest BCUT2D eigenvalue weighted by Gasteiger charge is 2.12. The molecule has 0 amide bonds. The SMILES string of the molecule is Cc1nsc(C)c1CN(C)C(C)CN. The summed E-state index contributed by atoms with van der Waals surface area (Å²) in [6.07, 6.45) is 0. The fraction of sp³-hybridized carbons (Fsp3) is 0.700. The highest BCUT2D eigenvalue weighted by Crippen LogP contribution is 2.19. The zero-order valence-corrected chi connectivity index (χ0v) is 10.2. The quantitative estimate of drug-likeness (QED) is 0.825. The minimum absolute atomic E-state index is 0.425. The highest BCUT2D eigenvalue weighted by atomic mass is 32.1. The van der Waals surface area contributed by atoms with Crippen LogP contribution in [0.25, 0.3) is 0 Å². The molecule has 4 heteroatoms. The van der Waals surface area contributed by atoms with Gasteiger partial charge in [-0.3, -0.25) is 4.90 Å². The molecule has 3 nitrogen and oxygen atoms in total. The molecule has 1 rings (SSSR count). The Kier molecular flexibility index (Phi) is 4.04. The van der Waals surface area contributed by atoms with E-state index in [9.17, 15) is 0 Å². The van der Waals surface area contributed by atoms with Crippen LogP contribution in [-0.2, 0) is 6.54 Å². The smallest absolute Gasteiger partial charge is 0.0559 e. The van der Waals surface area contributed by atoms with Crippen molar-refractivity contribution in [1.29, 1.82) is 0 Å². The number of likely N-dealkylation sites (N-methyl/N-ethyl adjacent to an activating group) is 1. The van der Waals surface area contributed by atoms with E-state index in [2.05, 4.69) is 37.1 Å². The lowest BCUT2D eigenvalue weighted by Crippen LogP contribution is -2.34. The van der Waals surface area contributed by atoms with Gasteiger partial charge in [-0.1, -0.05) is 0 Å². The third-order valence-electron chi connectivity index (χ3n) is 2.68. The van der Waals surface area contributed by atoms with E-state index in [0.29, 0.717) is 12.6 Å². The Hall–Kier alpha value is -0.450. The first-order valence-electron chi connectivity index (χ1n) is 4.88. The van der Waals surface area contributed by atoms with E-state index < -0.39 is 0 Å². The van der Waals surface area contributed by atoms with Crippen molar-refractivity contribution in [2.75, 3.05) is 13.6 Å². The Morgan fingerprint density at radius 1 is 1.50 bits per heavy atom. The Morgan fingerprint density at radius 2 is 2.14 bits per heavy atom. The molecule has 0 aliphatic heterocycles. The zero-order chi connectivity index (χ0) is 10.7. The van der Waals surface area contributed by atoms with Gasteiger partial charge in [0.15, 0.2) is 0 Å². The van der Waals surface area contributed by atoms with Crippen LogP contribution in [0, 0.1) is 13.8 Å². The first kappa shape index (κ1) is 11.6. The second-order valence-electron chi connectivity index (χ2n) is 3.80. The standard InChI is InChI=1S/C10H19N3S/c1-7(5-11)13(4)6-10-8(2)12-14-9(10)3/h7H,5-6,11H2,1-4H3. The maximum atomic E-state index is 5.62. The summed E-state index contributed by atoms with van der Waals surface area (Å²) in [5, 5.41) is 0. The summed E-state index contributed by atoms with van der Waals surface area (Å²) in [6.45, 7) is 7.99. The lowest BCUT2D eigenvalue weighted by atomic mass is 10.2. The molecule has 14 heavy (non-hydrogen) atoms. The van der Waals surface area contributed by atoms with Crippen molar-refractivity contribution < 1.29 is 0 Å². The molecule has 80 valence electrons. The van der Waals surface area contributed by atoms with Crippen LogP contribution in [0.15, 0.2) is 0 Å². The van der Waals surface area contributed by atoms with E-state index in [0.717, 1.165) is 12.2 Å². The van der Waals surface area contributed by atoms with Gasteiger partial charge in [-0.05, 0) is 39.4 Å². The third-order valence-corrected chi connectivity index (χ3v) is 3.57. The molecule has 0 aliphatic rings. The van der Waals surface area contributed by atoms with Crippen LogP contribution >= 0.6 is 11.5 Å². The van der Waals surface area contributed by atoms with Crippen LogP contribution in [0.3, 0.4) is 0 Å². The van der Waals surface area contributed by atoms with Crippen LogP contribution in [-0.4, -0.2) is 28.9 Å². The predicted molar refractivity (Wildman–Crippen MR) is 61.6 cm³/mol. The van der Waals surface area contributed by atoms with Crippen molar-refractivity contribution in [2.45, 2.75) is 33.4 Å². The fourth-order valence-corrected chi connectivity index (χ4v) is 2.02. The van der Waals surface area contributed by atoms with Crippen LogP contribution in [0.2, 0.25) is 0 Å². The lowest BCUT2D eigenvalue weighted by molar-refractivity contribution is 0.254. The van der Waals surface area contributed by atoms with Crippen LogP contribution in [0.1, 0.15) is 23.1 Å². The Morgan fingerprint density at radius 3 is 2.57 bits per heavy atom. The van der Waals surface area contributed by atoms with Crippen molar-refractivity contribution >= 4 is 11.5 Å². The predicted octanol–water partition coefficient (Wildman–Crippen LogP) is 1.54. The highest BCUT2D eigenvalue weighted by molar-refractivity contribution is 7.05. The van der Waals surface area contributed by atoms with E-state index in [4.69, 9.17) is 5.73 Å². The summed E-state index contributed by atoms with van der Waals surface area (Å²) in [6, 6.07) is 0.425. The van der Waals surface area contributed by atoms with Crippen LogP contribution in [0.4, 0.5) is 0 Å². The molecule has 0 spiro atoms. The monoisotopic (exact) mass is 213 g/mol. The summed E-state index contributed by atoms with van der Waals surface area (Å²) in [7, 11) is 2.11. The van der Waals surface area contributed by atoms with Crippen LogP contribution < -0.4 is 5.73 Å². The van der Waals surface area contributed by atoms with Gasteiger partial charge >= 0.3 is 0 Å². The van der Waals surface area contributed by atoms with E-state index in [1.165, 1.54) is 10.4 Å². The molecule has 1 atom stereocenters. The third kappa shape index (κ3) is 2.53. The van der Waals surface area contributed by atoms with E-state index in [-0.39, 0.29) is 0 Å². The molecule has 1 aromatic heterocycles. The largest absolute Gasteiger partial charge is 0.329 e. The molecular formula is C10H19N3S. The van der Waals surface area contributed by atoms with Gasteiger partial charge in [0, 0.05) is 29.6 Å². The summed E-state index contributed by atoms with van der Waals surface area (Å²) in [4.78, 5) is 3.59. The number of nitrogens with two attached hydrogens (primary N) is 1. The maximum absolute atomic E-state index is 5.62. The van der Waals surface area contributed by atoms with Gasteiger partial charge in [0.2, 0.25) is 0 Å². The number of nitrogens with zero attached hydrogens (tertiary/aromatic N) is 2. The molecule has 0 bridgehead atoms. The topological polar surface area (TPSA) is 42.2 Å². The van der Waals surface area contributed by atoms with E-state index >= 15 is 0 Å². The molecule has 1 heterocycles. The Labute approximate surface area is 90.1 Å². The Bertz CT molecular complexity index is 276. The van der Waals surface area contributed by atoms with Crippen molar-refractivity contribution in [3.8, 4) is 0 Å². The van der Waals surface area contributed by atoms with Crippen molar-refractivity contribution in [3.05, 3.63) is 16.1 Å². The van der Waals surface area contributed by atoms with Gasteiger partial charge in [-0.15, -0.1) is 0 Å². The number of hydrogen-bond acceptors (Lipinski definition) is 4. The molecule has 0 aromatic carbocycles. The average Bonchev–Trinajstić information content (AvgIpc) is 2.48. The molecule has 2 N–H and O–H groups in total. The average molecular weight is 213 g/mol. The second-order valence-corrected chi connectivity index (χ2v) is 4.78. The first-order valence-corrected chi connectivity index (χ1v) is 5.65. The van der Waals surface area contributed by atoms with E-state index in [1.807, 2.05) is 0 Å².